The van der Waals surface area contributed by atoms with E-state index >= 15 is 0 Å². The average molecular weight is 423 g/mol. The highest BCUT2D eigenvalue weighted by atomic mass is 127. The molecule has 0 bridgehead atoms. The van der Waals surface area contributed by atoms with E-state index in [4.69, 9.17) is 9.47 Å². The maximum atomic E-state index is 10.5. The van der Waals surface area contributed by atoms with Crippen LogP contribution in [0.25, 0.3) is 0 Å². The van der Waals surface area contributed by atoms with Gasteiger partial charge < -0.3 is 48.1 Å². The van der Waals surface area contributed by atoms with Crippen molar-refractivity contribution in [1.29, 1.82) is 0 Å². The first-order valence-corrected chi connectivity index (χ1v) is 7.33. The van der Waals surface area contributed by atoms with Crippen LogP contribution in [0.15, 0.2) is 18.2 Å². The van der Waals surface area contributed by atoms with Gasteiger partial charge in [0.15, 0.2) is 11.5 Å². The molecular weight excluding hydrogens is 397 g/mol. The van der Waals surface area contributed by atoms with Gasteiger partial charge in [0, 0.05) is 5.56 Å². The third-order valence-corrected chi connectivity index (χ3v) is 5.16. The number of hydrogen-bond donors (Lipinski definition) is 2. The number of methoxy groups -OCH3 is 2. The summed E-state index contributed by atoms with van der Waals surface area (Å²) in [6, 6.07) is 5.47. The lowest BCUT2D eigenvalue weighted by atomic mass is 9.99. The van der Waals surface area contributed by atoms with Gasteiger partial charge in [-0.2, -0.15) is 0 Å². The van der Waals surface area contributed by atoms with Crippen LogP contribution in [0, 0.1) is 0 Å². The number of aliphatic hydroxyl groups is 2. The van der Waals surface area contributed by atoms with Crippen molar-refractivity contribution >= 4 is 0 Å². The highest BCUT2D eigenvalue weighted by molar-refractivity contribution is 5.44. The summed E-state index contributed by atoms with van der Waals surface area (Å²) >= 11 is 0. The standard InChI is InChI=1S/C16H26NO4.HI/c1-6-17(3)10(2)15(18)16(19)14(17)11-7-8-12(20-4)13(9-11)21-5;/h7-10,14-16,18-19H,6H2,1-5H3;1H/q+1;/p-1/t10?,14-,15+,16+,17?;/m0./s1. The largest absolute Gasteiger partial charge is 1.00 e. The Bertz CT molecular complexity index is 513. The van der Waals surface area contributed by atoms with Crippen molar-refractivity contribution in [1.82, 2.24) is 0 Å². The Morgan fingerprint density at radius 2 is 1.68 bits per heavy atom. The van der Waals surface area contributed by atoms with Gasteiger partial charge in [0.25, 0.3) is 0 Å². The van der Waals surface area contributed by atoms with Crippen molar-refractivity contribution in [3.8, 4) is 11.5 Å². The second kappa shape index (κ2) is 7.33. The Kier molecular flexibility index (Phi) is 6.49. The molecule has 6 heteroatoms. The second-order valence-corrected chi connectivity index (χ2v) is 5.94. The summed E-state index contributed by atoms with van der Waals surface area (Å²) in [7, 11) is 5.27. The summed E-state index contributed by atoms with van der Waals surface area (Å²) in [4.78, 5) is 0. The number of rotatable bonds is 4. The van der Waals surface area contributed by atoms with Gasteiger partial charge in [0.1, 0.15) is 24.3 Å². The minimum absolute atomic E-state index is 0. The van der Waals surface area contributed by atoms with Gasteiger partial charge in [-0.25, -0.2) is 0 Å². The number of hydrogen-bond acceptors (Lipinski definition) is 4. The van der Waals surface area contributed by atoms with Gasteiger partial charge in [-0.1, -0.05) is 0 Å². The lowest BCUT2D eigenvalue weighted by molar-refractivity contribution is -0.948. The van der Waals surface area contributed by atoms with Gasteiger partial charge >= 0.3 is 0 Å². The molecule has 1 heterocycles. The minimum Gasteiger partial charge on any atom is -1.00 e. The Morgan fingerprint density at radius 1 is 1.09 bits per heavy atom. The van der Waals surface area contributed by atoms with Crippen LogP contribution in [0.1, 0.15) is 25.5 Å². The number of benzene rings is 1. The summed E-state index contributed by atoms with van der Waals surface area (Å²) in [6.07, 6.45) is -1.52. The van der Waals surface area contributed by atoms with Gasteiger partial charge in [-0.05, 0) is 32.0 Å². The van der Waals surface area contributed by atoms with Crippen molar-refractivity contribution in [3.63, 3.8) is 0 Å². The molecule has 5 atom stereocenters. The SMILES string of the molecule is CC[N+]1(C)C(C)[C@@H](O)[C@H](O)[C@@H]1c1ccc(OC)c(OC)c1.[I-]. The molecule has 126 valence electrons. The van der Waals surface area contributed by atoms with E-state index in [9.17, 15) is 10.2 Å². The molecule has 0 amide bonds. The van der Waals surface area contributed by atoms with E-state index in [2.05, 4.69) is 14.0 Å². The van der Waals surface area contributed by atoms with Crippen LogP contribution in [-0.2, 0) is 0 Å². The minimum atomic E-state index is -0.789. The highest BCUT2D eigenvalue weighted by Gasteiger charge is 2.55. The van der Waals surface area contributed by atoms with Crippen molar-refractivity contribution in [2.24, 2.45) is 0 Å². The van der Waals surface area contributed by atoms with Crippen LogP contribution in [0.2, 0.25) is 0 Å². The normalized spacial score (nSPS) is 34.1. The first kappa shape index (κ1) is 19.5. The maximum absolute atomic E-state index is 10.5. The fourth-order valence-electron chi connectivity index (χ4n) is 3.48. The van der Waals surface area contributed by atoms with Crippen molar-refractivity contribution in [3.05, 3.63) is 23.8 Å². The Balaban J connectivity index is 0.00000242. The van der Waals surface area contributed by atoms with Crippen LogP contribution in [0.4, 0.5) is 0 Å². The zero-order chi connectivity index (χ0) is 15.8. The quantitative estimate of drug-likeness (QED) is 0.450. The van der Waals surface area contributed by atoms with Crippen LogP contribution >= 0.6 is 0 Å². The van der Waals surface area contributed by atoms with Crippen LogP contribution < -0.4 is 33.5 Å². The fourth-order valence-corrected chi connectivity index (χ4v) is 3.48. The number of likely N-dealkylation sites (N-methyl/N-ethyl adjacent to an activating group) is 1. The van der Waals surface area contributed by atoms with E-state index in [1.54, 1.807) is 14.2 Å². The number of aliphatic hydroxyl groups excluding tert-OH is 2. The molecule has 5 nitrogen and oxygen atoms in total. The third-order valence-electron chi connectivity index (χ3n) is 5.16. The first-order chi connectivity index (χ1) is 9.90. The van der Waals surface area contributed by atoms with Crippen molar-refractivity contribution < 1.29 is 48.1 Å². The molecule has 1 saturated heterocycles. The van der Waals surface area contributed by atoms with Crippen LogP contribution in [-0.4, -0.2) is 60.8 Å². The molecule has 2 rings (SSSR count). The predicted octanol–water partition coefficient (Wildman–Crippen LogP) is -1.66. The molecule has 22 heavy (non-hydrogen) atoms. The smallest absolute Gasteiger partial charge is 0.161 e. The van der Waals surface area contributed by atoms with Gasteiger partial charge in [-0.15, -0.1) is 0 Å². The molecule has 0 spiro atoms. The zero-order valence-corrected chi connectivity index (χ0v) is 15.9. The fraction of sp³-hybridized carbons (Fsp3) is 0.625. The second-order valence-electron chi connectivity index (χ2n) is 5.94. The Morgan fingerprint density at radius 3 is 2.18 bits per heavy atom. The Labute approximate surface area is 149 Å². The summed E-state index contributed by atoms with van der Waals surface area (Å²) in [5.41, 5.74) is 0.952. The van der Waals surface area contributed by atoms with E-state index in [1.165, 1.54) is 0 Å². The highest BCUT2D eigenvalue weighted by Crippen LogP contribution is 2.44. The van der Waals surface area contributed by atoms with E-state index < -0.39 is 12.2 Å². The van der Waals surface area contributed by atoms with Gasteiger partial charge in [0.2, 0.25) is 0 Å². The van der Waals surface area contributed by atoms with Crippen LogP contribution in [0.5, 0.6) is 11.5 Å². The van der Waals surface area contributed by atoms with Gasteiger partial charge in [0.05, 0.1) is 27.8 Å². The van der Waals surface area contributed by atoms with E-state index in [-0.39, 0.29) is 36.1 Å². The molecule has 2 N–H and O–H groups in total. The number of nitrogens with zero attached hydrogens (tertiary/aromatic N) is 1. The molecule has 1 fully saturated rings. The lowest BCUT2D eigenvalue weighted by Gasteiger charge is -2.39. The molecule has 0 saturated carbocycles. The average Bonchev–Trinajstić information content (AvgIpc) is 2.68. The summed E-state index contributed by atoms with van der Waals surface area (Å²) in [5, 5.41) is 20.8. The molecule has 2 unspecified atom stereocenters. The molecule has 0 radical (unpaired) electrons. The third kappa shape index (κ3) is 2.93. The predicted molar refractivity (Wildman–Crippen MR) is 80.5 cm³/mol. The molecular formula is C16H26INO4. The number of ether oxygens (including phenoxy) is 2. The molecule has 0 aliphatic carbocycles. The zero-order valence-electron chi connectivity index (χ0n) is 13.8. The topological polar surface area (TPSA) is 58.9 Å². The molecule has 1 aromatic carbocycles. The van der Waals surface area contributed by atoms with E-state index in [1.807, 2.05) is 25.1 Å². The summed E-state index contributed by atoms with van der Waals surface area (Å²) in [5.74, 6) is 1.30. The summed E-state index contributed by atoms with van der Waals surface area (Å²) < 4.78 is 11.2. The van der Waals surface area contributed by atoms with E-state index in [0.29, 0.717) is 16.0 Å². The van der Waals surface area contributed by atoms with Gasteiger partial charge in [-0.3, -0.25) is 0 Å². The molecule has 1 aliphatic rings. The maximum Gasteiger partial charge on any atom is 0.161 e. The number of halogens is 1. The number of likely N-dealkylation sites (tertiary alicyclic amines) is 1. The monoisotopic (exact) mass is 423 g/mol. The van der Waals surface area contributed by atoms with Crippen molar-refractivity contribution in [2.45, 2.75) is 38.1 Å². The molecule has 0 aromatic heterocycles. The van der Waals surface area contributed by atoms with E-state index in [0.717, 1.165) is 12.1 Å². The summed E-state index contributed by atoms with van der Waals surface area (Å²) in [6.45, 7) is 4.89. The lowest BCUT2D eigenvalue weighted by Crippen LogP contribution is -3.00. The first-order valence-electron chi connectivity index (χ1n) is 7.33. The number of quaternary nitrogens is 1. The van der Waals surface area contributed by atoms with Crippen LogP contribution in [0.3, 0.4) is 0 Å². The van der Waals surface area contributed by atoms with Crippen molar-refractivity contribution in [2.75, 3.05) is 27.8 Å². The molecule has 1 aliphatic heterocycles. The Hall–Kier alpha value is -0.570. The molecule has 1 aromatic rings.